The molecule has 1 atom stereocenters. The van der Waals surface area contributed by atoms with Crippen LogP contribution in [0, 0.1) is 18.6 Å². The van der Waals surface area contributed by atoms with Crippen LogP contribution in [0.2, 0.25) is 0 Å². The highest BCUT2D eigenvalue weighted by atomic mass is 19.1. The van der Waals surface area contributed by atoms with Gasteiger partial charge in [-0.15, -0.1) is 5.10 Å². The number of halogens is 2. The summed E-state index contributed by atoms with van der Waals surface area (Å²) in [6.45, 7) is 5.18. The number of aromatic amines is 1. The molecule has 0 fully saturated rings. The van der Waals surface area contributed by atoms with E-state index in [1.54, 1.807) is 28.9 Å². The summed E-state index contributed by atoms with van der Waals surface area (Å²) in [4.78, 5) is 18.2. The zero-order valence-corrected chi connectivity index (χ0v) is 21.2. The number of nitrogens with zero attached hydrogens (tertiary/aromatic N) is 5. The summed E-state index contributed by atoms with van der Waals surface area (Å²) in [5.41, 5.74) is 4.07. The first kappa shape index (κ1) is 25.4. The highest BCUT2D eigenvalue weighted by Crippen LogP contribution is 2.27. The molecule has 9 heteroatoms. The first-order chi connectivity index (χ1) is 18.4. The topological polar surface area (TPSA) is 79.7 Å². The van der Waals surface area contributed by atoms with Crippen LogP contribution >= 0.6 is 0 Å². The van der Waals surface area contributed by atoms with Crippen molar-refractivity contribution >= 4 is 10.9 Å². The molecule has 7 nitrogen and oxygen atoms in total. The van der Waals surface area contributed by atoms with Gasteiger partial charge in [-0.1, -0.05) is 43.3 Å². The van der Waals surface area contributed by atoms with Crippen LogP contribution in [0.15, 0.2) is 77.6 Å². The van der Waals surface area contributed by atoms with E-state index in [9.17, 15) is 13.6 Å². The third kappa shape index (κ3) is 5.68. The lowest BCUT2D eigenvalue weighted by molar-refractivity contribution is 0.161. The lowest BCUT2D eigenvalue weighted by Gasteiger charge is -2.30. The predicted molar refractivity (Wildman–Crippen MR) is 141 cm³/mol. The van der Waals surface area contributed by atoms with Crippen LogP contribution in [0.25, 0.3) is 10.9 Å². The molecule has 194 valence electrons. The number of H-pyrrole nitrogens is 1. The highest BCUT2D eigenvalue weighted by Gasteiger charge is 2.26. The number of rotatable bonds is 9. The first-order valence-corrected chi connectivity index (χ1v) is 12.5. The predicted octanol–water partition coefficient (Wildman–Crippen LogP) is 5.30. The van der Waals surface area contributed by atoms with Crippen LogP contribution in [-0.4, -0.2) is 30.1 Å². The summed E-state index contributed by atoms with van der Waals surface area (Å²) in [6, 6.07) is 20.2. The Labute approximate surface area is 218 Å². The van der Waals surface area contributed by atoms with Gasteiger partial charge in [-0.3, -0.25) is 9.69 Å². The average Bonchev–Trinajstić information content (AvgIpc) is 3.35. The van der Waals surface area contributed by atoms with Crippen molar-refractivity contribution in [2.24, 2.45) is 0 Å². The number of nitrogens with one attached hydrogen (secondary N) is 1. The van der Waals surface area contributed by atoms with Crippen molar-refractivity contribution in [3.05, 3.63) is 123 Å². The van der Waals surface area contributed by atoms with Crippen LogP contribution in [0.3, 0.4) is 0 Å². The largest absolute Gasteiger partial charge is 0.322 e. The second-order valence-electron chi connectivity index (χ2n) is 9.49. The van der Waals surface area contributed by atoms with Gasteiger partial charge in [0.1, 0.15) is 11.6 Å². The summed E-state index contributed by atoms with van der Waals surface area (Å²) in [5.74, 6) is 0.0157. The number of pyridine rings is 1. The molecule has 0 saturated carbocycles. The molecular formula is C29H28F2N6O. The van der Waals surface area contributed by atoms with Gasteiger partial charge in [0.15, 0.2) is 5.82 Å². The normalized spacial score (nSPS) is 12.3. The van der Waals surface area contributed by atoms with Crippen molar-refractivity contribution in [2.45, 2.75) is 45.9 Å². The van der Waals surface area contributed by atoms with Crippen molar-refractivity contribution in [1.29, 1.82) is 0 Å². The summed E-state index contributed by atoms with van der Waals surface area (Å²) in [5, 5.41) is 13.4. The van der Waals surface area contributed by atoms with E-state index in [1.807, 2.05) is 38.1 Å². The summed E-state index contributed by atoms with van der Waals surface area (Å²) in [6.07, 6.45) is 0.662. The molecule has 0 amide bonds. The van der Waals surface area contributed by atoms with Crippen molar-refractivity contribution in [1.82, 2.24) is 30.1 Å². The van der Waals surface area contributed by atoms with E-state index in [2.05, 4.69) is 25.4 Å². The van der Waals surface area contributed by atoms with E-state index in [0.29, 0.717) is 37.4 Å². The van der Waals surface area contributed by atoms with E-state index >= 15 is 0 Å². The van der Waals surface area contributed by atoms with Gasteiger partial charge >= 0.3 is 0 Å². The molecule has 1 N–H and O–H groups in total. The SMILES string of the molecule is CC[C@@H](c1nnnn1Cc1ccc(F)cc1)N(Cc1ccc(F)cc1)Cc1cc2ccc(C)cc2[nH]c1=O. The molecule has 3 aromatic carbocycles. The number of aryl methyl sites for hydroxylation is 1. The molecule has 2 heterocycles. The molecule has 5 rings (SSSR count). The molecule has 2 aromatic heterocycles. The molecule has 0 aliphatic heterocycles. The second kappa shape index (κ2) is 11.0. The van der Waals surface area contributed by atoms with Gasteiger partial charge in [0, 0.05) is 24.2 Å². The number of hydrogen-bond donors (Lipinski definition) is 1. The van der Waals surface area contributed by atoms with E-state index in [-0.39, 0.29) is 23.2 Å². The van der Waals surface area contributed by atoms with E-state index in [0.717, 1.165) is 27.6 Å². The van der Waals surface area contributed by atoms with Crippen LogP contribution < -0.4 is 5.56 Å². The molecule has 0 spiro atoms. The Morgan fingerprint density at radius 2 is 1.61 bits per heavy atom. The molecular weight excluding hydrogens is 486 g/mol. The zero-order chi connectivity index (χ0) is 26.6. The molecule has 0 bridgehead atoms. The summed E-state index contributed by atoms with van der Waals surface area (Å²) < 4.78 is 28.7. The zero-order valence-electron chi connectivity index (χ0n) is 21.2. The number of aromatic nitrogens is 5. The van der Waals surface area contributed by atoms with Gasteiger partial charge in [0.05, 0.1) is 12.6 Å². The first-order valence-electron chi connectivity index (χ1n) is 12.5. The minimum atomic E-state index is -0.308. The number of benzene rings is 3. The Morgan fingerprint density at radius 3 is 2.29 bits per heavy atom. The van der Waals surface area contributed by atoms with Gasteiger partial charge in [0.25, 0.3) is 5.56 Å². The molecule has 0 aliphatic carbocycles. The van der Waals surface area contributed by atoms with Crippen molar-refractivity contribution in [2.75, 3.05) is 0 Å². The molecule has 5 aromatic rings. The Bertz CT molecular complexity index is 1590. The van der Waals surface area contributed by atoms with Crippen LogP contribution in [0.1, 0.15) is 47.5 Å². The maximum atomic E-state index is 13.6. The Balaban J connectivity index is 1.51. The van der Waals surface area contributed by atoms with E-state index in [1.165, 1.54) is 24.3 Å². The van der Waals surface area contributed by atoms with Crippen LogP contribution in [0.4, 0.5) is 8.78 Å². The number of hydrogen-bond acceptors (Lipinski definition) is 5. The maximum absolute atomic E-state index is 13.6. The van der Waals surface area contributed by atoms with E-state index < -0.39 is 0 Å². The van der Waals surface area contributed by atoms with Crippen molar-refractivity contribution in [3.63, 3.8) is 0 Å². The lowest BCUT2D eigenvalue weighted by atomic mass is 10.1. The highest BCUT2D eigenvalue weighted by molar-refractivity contribution is 5.79. The number of tetrazole rings is 1. The van der Waals surface area contributed by atoms with Gasteiger partial charge in [0.2, 0.25) is 0 Å². The monoisotopic (exact) mass is 514 g/mol. The minimum Gasteiger partial charge on any atom is -0.322 e. The fourth-order valence-electron chi connectivity index (χ4n) is 4.73. The third-order valence-electron chi connectivity index (χ3n) is 6.68. The Hall–Kier alpha value is -4.24. The maximum Gasteiger partial charge on any atom is 0.252 e. The smallest absolute Gasteiger partial charge is 0.252 e. The molecule has 0 unspecified atom stereocenters. The third-order valence-corrected chi connectivity index (χ3v) is 6.68. The molecule has 0 radical (unpaired) electrons. The van der Waals surface area contributed by atoms with Crippen LogP contribution in [0.5, 0.6) is 0 Å². The van der Waals surface area contributed by atoms with Crippen LogP contribution in [-0.2, 0) is 19.6 Å². The van der Waals surface area contributed by atoms with Gasteiger partial charge in [-0.25, -0.2) is 13.5 Å². The number of fused-ring (bicyclic) bond motifs is 1. The van der Waals surface area contributed by atoms with Gasteiger partial charge in [-0.2, -0.15) is 0 Å². The van der Waals surface area contributed by atoms with Gasteiger partial charge < -0.3 is 4.98 Å². The second-order valence-corrected chi connectivity index (χ2v) is 9.49. The average molecular weight is 515 g/mol. The Kier molecular flexibility index (Phi) is 7.37. The van der Waals surface area contributed by atoms with E-state index in [4.69, 9.17) is 0 Å². The molecule has 0 saturated heterocycles. The van der Waals surface area contributed by atoms with Crippen molar-refractivity contribution < 1.29 is 8.78 Å². The molecule has 38 heavy (non-hydrogen) atoms. The quantitative estimate of drug-likeness (QED) is 0.289. The summed E-state index contributed by atoms with van der Waals surface area (Å²) in [7, 11) is 0. The fraction of sp³-hybridized carbons (Fsp3) is 0.241. The fourth-order valence-corrected chi connectivity index (χ4v) is 4.73. The Morgan fingerprint density at radius 1 is 0.921 bits per heavy atom. The summed E-state index contributed by atoms with van der Waals surface area (Å²) >= 11 is 0. The molecule has 0 aliphatic rings. The minimum absolute atomic E-state index is 0.159. The van der Waals surface area contributed by atoms with Gasteiger partial charge in [-0.05, 0) is 82.2 Å². The standard InChI is InChI=1S/C29H28F2N6O/c1-3-27(28-33-34-35-37(28)17-21-7-12-25(31)13-8-21)36(16-20-5-10-24(30)11-6-20)18-23-15-22-9-4-19(2)14-26(22)32-29(23)38/h4-15,27H,3,16-18H2,1-2H3,(H,32,38)/t27-/m0/s1. The van der Waals surface area contributed by atoms with Crippen molar-refractivity contribution in [3.8, 4) is 0 Å². The lowest BCUT2D eigenvalue weighted by Crippen LogP contribution is -2.32.